The predicted octanol–water partition coefficient (Wildman–Crippen LogP) is 3.45. The van der Waals surface area contributed by atoms with Gasteiger partial charge in [-0.25, -0.2) is 0 Å². The first-order chi connectivity index (χ1) is 8.93. The van der Waals surface area contributed by atoms with Crippen LogP contribution < -0.4 is 10.1 Å². The molecule has 1 fully saturated rings. The molecule has 1 aliphatic heterocycles. The van der Waals surface area contributed by atoms with Crippen molar-refractivity contribution in [1.82, 2.24) is 5.32 Å². The number of rotatable bonds is 4. The monoisotopic (exact) mass is 275 g/mol. The summed E-state index contributed by atoms with van der Waals surface area (Å²) in [6.07, 6.45) is 0.148. The van der Waals surface area contributed by atoms with Gasteiger partial charge >= 0.3 is 0 Å². The first-order valence-corrected chi connectivity index (χ1v) is 6.41. The number of nitrogens with one attached hydrogen (secondary N) is 1. The highest BCUT2D eigenvalue weighted by atomic mass is 35.5. The number of hydrogen-bond acceptors (Lipinski definition) is 2. The van der Waals surface area contributed by atoms with Gasteiger partial charge in [0.15, 0.2) is 0 Å². The third-order valence-corrected chi connectivity index (χ3v) is 3.38. The van der Waals surface area contributed by atoms with Crippen molar-refractivity contribution in [2.45, 2.75) is 6.10 Å². The van der Waals surface area contributed by atoms with Gasteiger partial charge in [-0.3, -0.25) is 0 Å². The van der Waals surface area contributed by atoms with E-state index in [9.17, 15) is 0 Å². The lowest BCUT2D eigenvalue weighted by atomic mass is 9.91. The summed E-state index contributed by atoms with van der Waals surface area (Å²) in [6.45, 7) is 2.07. The van der Waals surface area contributed by atoms with E-state index in [1.807, 2.05) is 36.4 Å². The summed E-state index contributed by atoms with van der Waals surface area (Å²) >= 11 is 0. The number of halogens is 1. The number of para-hydroxylation sites is 1. The Hall–Kier alpha value is -1.51. The minimum Gasteiger partial charge on any atom is -0.485 e. The van der Waals surface area contributed by atoms with Crippen molar-refractivity contribution in [3.8, 4) is 5.75 Å². The van der Waals surface area contributed by atoms with Crippen molar-refractivity contribution in [3.63, 3.8) is 0 Å². The van der Waals surface area contributed by atoms with Crippen LogP contribution in [0.2, 0.25) is 0 Å². The molecule has 0 aliphatic carbocycles. The normalized spacial score (nSPS) is 16.0. The van der Waals surface area contributed by atoms with Crippen LogP contribution in [0.25, 0.3) is 0 Å². The molecular weight excluding hydrogens is 258 g/mol. The van der Waals surface area contributed by atoms with Crippen LogP contribution in [0.5, 0.6) is 5.75 Å². The molecule has 1 heterocycles. The second kappa shape index (κ2) is 6.60. The van der Waals surface area contributed by atoms with Crippen molar-refractivity contribution in [2.75, 3.05) is 13.1 Å². The Balaban J connectivity index is 0.00000133. The van der Waals surface area contributed by atoms with E-state index in [2.05, 4.69) is 29.6 Å². The molecule has 0 bridgehead atoms. The molecule has 0 aromatic heterocycles. The van der Waals surface area contributed by atoms with E-state index in [0.717, 1.165) is 18.8 Å². The van der Waals surface area contributed by atoms with Gasteiger partial charge in [0.1, 0.15) is 11.9 Å². The number of ether oxygens (including phenoxy) is 1. The summed E-state index contributed by atoms with van der Waals surface area (Å²) < 4.78 is 6.16. The Bertz CT molecular complexity index is 485. The topological polar surface area (TPSA) is 21.3 Å². The van der Waals surface area contributed by atoms with Gasteiger partial charge in [-0.15, -0.1) is 12.4 Å². The van der Waals surface area contributed by atoms with Crippen LogP contribution in [0.4, 0.5) is 0 Å². The van der Waals surface area contributed by atoms with E-state index in [4.69, 9.17) is 4.74 Å². The van der Waals surface area contributed by atoms with E-state index < -0.39 is 0 Å². The van der Waals surface area contributed by atoms with E-state index in [-0.39, 0.29) is 18.5 Å². The quantitative estimate of drug-likeness (QED) is 0.923. The fraction of sp³-hybridized carbons (Fsp3) is 0.250. The lowest BCUT2D eigenvalue weighted by Gasteiger charge is -2.35. The average molecular weight is 276 g/mol. The summed E-state index contributed by atoms with van der Waals surface area (Å²) in [5.74, 6) is 1.51. The van der Waals surface area contributed by atoms with Crippen molar-refractivity contribution in [3.05, 3.63) is 66.2 Å². The van der Waals surface area contributed by atoms with Gasteiger partial charge in [-0.1, -0.05) is 48.5 Å². The third kappa shape index (κ3) is 3.28. The molecule has 100 valence electrons. The Morgan fingerprint density at radius 3 is 2.00 bits per heavy atom. The predicted molar refractivity (Wildman–Crippen MR) is 79.9 cm³/mol. The largest absolute Gasteiger partial charge is 0.485 e. The summed E-state index contributed by atoms with van der Waals surface area (Å²) in [5.41, 5.74) is 1.26. The van der Waals surface area contributed by atoms with Crippen LogP contribution in [0.1, 0.15) is 11.7 Å². The molecule has 2 aromatic rings. The highest BCUT2D eigenvalue weighted by Crippen LogP contribution is 2.30. The van der Waals surface area contributed by atoms with Gasteiger partial charge < -0.3 is 10.1 Å². The molecule has 3 rings (SSSR count). The fourth-order valence-electron chi connectivity index (χ4n) is 2.25. The van der Waals surface area contributed by atoms with Crippen LogP contribution >= 0.6 is 12.4 Å². The van der Waals surface area contributed by atoms with Crippen molar-refractivity contribution < 1.29 is 4.74 Å². The van der Waals surface area contributed by atoms with Crippen molar-refractivity contribution in [1.29, 1.82) is 0 Å². The standard InChI is InChI=1S/C16H17NO.ClH/c1-3-7-13(8-4-1)16(14-11-17-12-14)18-15-9-5-2-6-10-15;/h1-10,14,16-17H,11-12H2;1H. The maximum absolute atomic E-state index is 6.16. The SMILES string of the molecule is Cl.c1ccc(OC(c2ccccc2)C2CNC2)cc1. The molecule has 2 nitrogen and oxygen atoms in total. The van der Waals surface area contributed by atoms with Crippen LogP contribution in [0.15, 0.2) is 60.7 Å². The first-order valence-electron chi connectivity index (χ1n) is 6.41. The van der Waals surface area contributed by atoms with E-state index in [0.29, 0.717) is 5.92 Å². The molecule has 1 unspecified atom stereocenters. The highest BCUT2D eigenvalue weighted by molar-refractivity contribution is 5.85. The van der Waals surface area contributed by atoms with Crippen molar-refractivity contribution in [2.24, 2.45) is 5.92 Å². The van der Waals surface area contributed by atoms with Gasteiger partial charge in [0.05, 0.1) is 0 Å². The Morgan fingerprint density at radius 1 is 0.895 bits per heavy atom. The molecule has 1 saturated heterocycles. The Labute approximate surface area is 120 Å². The zero-order valence-corrected chi connectivity index (χ0v) is 11.5. The second-order valence-electron chi connectivity index (χ2n) is 4.68. The van der Waals surface area contributed by atoms with Gasteiger partial charge in [0.2, 0.25) is 0 Å². The van der Waals surface area contributed by atoms with Gasteiger partial charge in [-0.2, -0.15) is 0 Å². The lowest BCUT2D eigenvalue weighted by molar-refractivity contribution is 0.0993. The van der Waals surface area contributed by atoms with Crippen LogP contribution in [0, 0.1) is 5.92 Å². The molecule has 0 spiro atoms. The summed E-state index contributed by atoms with van der Waals surface area (Å²) in [4.78, 5) is 0. The van der Waals surface area contributed by atoms with E-state index in [1.165, 1.54) is 5.56 Å². The van der Waals surface area contributed by atoms with Gasteiger partial charge in [0.25, 0.3) is 0 Å². The molecule has 19 heavy (non-hydrogen) atoms. The fourth-order valence-corrected chi connectivity index (χ4v) is 2.25. The average Bonchev–Trinajstić information content (AvgIpc) is 2.38. The molecule has 3 heteroatoms. The lowest BCUT2D eigenvalue weighted by Crippen LogP contribution is -2.46. The van der Waals surface area contributed by atoms with Crippen LogP contribution in [0.3, 0.4) is 0 Å². The molecule has 1 aliphatic rings. The summed E-state index contributed by atoms with van der Waals surface area (Å²) in [5, 5.41) is 3.32. The summed E-state index contributed by atoms with van der Waals surface area (Å²) in [6, 6.07) is 20.5. The highest BCUT2D eigenvalue weighted by Gasteiger charge is 2.29. The molecule has 2 aromatic carbocycles. The van der Waals surface area contributed by atoms with Crippen LogP contribution in [-0.4, -0.2) is 13.1 Å². The number of benzene rings is 2. The Morgan fingerprint density at radius 2 is 1.47 bits per heavy atom. The third-order valence-electron chi connectivity index (χ3n) is 3.38. The van der Waals surface area contributed by atoms with Crippen molar-refractivity contribution >= 4 is 12.4 Å². The molecule has 1 N–H and O–H groups in total. The van der Waals surface area contributed by atoms with Gasteiger partial charge in [0, 0.05) is 19.0 Å². The van der Waals surface area contributed by atoms with E-state index in [1.54, 1.807) is 0 Å². The molecule has 1 atom stereocenters. The minimum absolute atomic E-state index is 0. The zero-order chi connectivity index (χ0) is 12.2. The zero-order valence-electron chi connectivity index (χ0n) is 10.7. The molecule has 0 amide bonds. The second-order valence-corrected chi connectivity index (χ2v) is 4.68. The molecule has 0 saturated carbocycles. The van der Waals surface area contributed by atoms with Crippen LogP contribution in [-0.2, 0) is 0 Å². The minimum atomic E-state index is 0. The van der Waals surface area contributed by atoms with E-state index >= 15 is 0 Å². The smallest absolute Gasteiger partial charge is 0.129 e. The first kappa shape index (κ1) is 13.9. The maximum Gasteiger partial charge on any atom is 0.129 e. The Kier molecular flexibility index (Phi) is 4.83. The number of hydrogen-bond donors (Lipinski definition) is 1. The maximum atomic E-state index is 6.16. The van der Waals surface area contributed by atoms with Gasteiger partial charge in [-0.05, 0) is 17.7 Å². The molecule has 0 radical (unpaired) electrons. The summed E-state index contributed by atoms with van der Waals surface area (Å²) in [7, 11) is 0. The molecular formula is C16H18ClNO.